The first-order valence-corrected chi connectivity index (χ1v) is 9.39. The van der Waals surface area contributed by atoms with E-state index in [1.54, 1.807) is 0 Å². The summed E-state index contributed by atoms with van der Waals surface area (Å²) >= 11 is 0. The molecule has 3 aromatic rings. The molecule has 4 rings (SSSR count). The number of aromatic nitrogens is 2. The van der Waals surface area contributed by atoms with Crippen molar-refractivity contribution in [3.05, 3.63) is 59.9 Å². The molecule has 1 amide bonds. The van der Waals surface area contributed by atoms with Crippen molar-refractivity contribution in [1.29, 1.82) is 0 Å². The first-order valence-electron chi connectivity index (χ1n) is 9.39. The Labute approximate surface area is 158 Å². The summed E-state index contributed by atoms with van der Waals surface area (Å²) in [6.45, 7) is 3.74. The molecular weight excluding hydrogens is 340 g/mol. The zero-order valence-corrected chi connectivity index (χ0v) is 15.3. The normalized spacial score (nSPS) is 14.4. The van der Waals surface area contributed by atoms with Crippen molar-refractivity contribution in [2.45, 2.75) is 19.4 Å². The number of hydrogen-bond acceptors (Lipinski definition) is 4. The van der Waals surface area contributed by atoms with Crippen LogP contribution in [-0.4, -0.2) is 42.2 Å². The van der Waals surface area contributed by atoms with Crippen molar-refractivity contribution in [3.63, 3.8) is 0 Å². The second-order valence-corrected chi connectivity index (χ2v) is 6.76. The lowest BCUT2D eigenvalue weighted by molar-refractivity contribution is -0.121. The Hall–Kier alpha value is -2.86. The summed E-state index contributed by atoms with van der Waals surface area (Å²) in [6, 6.07) is 12.2. The molecule has 0 spiro atoms. The van der Waals surface area contributed by atoms with E-state index in [2.05, 4.69) is 26.3 Å². The fourth-order valence-electron chi connectivity index (χ4n) is 3.38. The van der Waals surface area contributed by atoms with Crippen LogP contribution < -0.4 is 10.2 Å². The highest BCUT2D eigenvalue weighted by Crippen LogP contribution is 2.19. The number of fused-ring (bicyclic) bond motifs is 1. The lowest BCUT2D eigenvalue weighted by atomic mass is 10.1. The first kappa shape index (κ1) is 17.5. The van der Waals surface area contributed by atoms with Crippen molar-refractivity contribution in [2.24, 2.45) is 0 Å². The largest absolute Gasteiger partial charge is 0.378 e. The van der Waals surface area contributed by atoms with Gasteiger partial charge in [0, 0.05) is 49.4 Å². The van der Waals surface area contributed by atoms with Crippen LogP contribution in [0.15, 0.2) is 48.8 Å². The number of pyridine rings is 1. The summed E-state index contributed by atoms with van der Waals surface area (Å²) in [4.78, 5) is 22.2. The van der Waals surface area contributed by atoms with Gasteiger partial charge in [0.2, 0.25) is 5.91 Å². The molecule has 1 aliphatic rings. The third kappa shape index (κ3) is 4.28. The summed E-state index contributed by atoms with van der Waals surface area (Å²) in [5.41, 5.74) is 3.30. The molecule has 27 heavy (non-hydrogen) atoms. The third-order valence-corrected chi connectivity index (χ3v) is 4.93. The number of rotatable bonds is 6. The Morgan fingerprint density at radius 2 is 2.04 bits per heavy atom. The van der Waals surface area contributed by atoms with Gasteiger partial charge in [-0.2, -0.15) is 0 Å². The van der Waals surface area contributed by atoms with Crippen LogP contribution in [0, 0.1) is 0 Å². The van der Waals surface area contributed by atoms with E-state index in [1.165, 1.54) is 10.9 Å². The van der Waals surface area contributed by atoms with E-state index in [0.29, 0.717) is 13.0 Å². The average Bonchev–Trinajstić information content (AvgIpc) is 3.15. The maximum absolute atomic E-state index is 12.2. The maximum Gasteiger partial charge on any atom is 0.220 e. The van der Waals surface area contributed by atoms with E-state index in [9.17, 15) is 4.79 Å². The highest BCUT2D eigenvalue weighted by atomic mass is 16.5. The predicted molar refractivity (Wildman–Crippen MR) is 106 cm³/mol. The number of carbonyl (C=O) groups is 1. The van der Waals surface area contributed by atoms with Gasteiger partial charge in [-0.05, 0) is 29.7 Å². The van der Waals surface area contributed by atoms with Crippen molar-refractivity contribution >= 4 is 22.6 Å². The number of ether oxygens (including phenoxy) is 1. The monoisotopic (exact) mass is 364 g/mol. The van der Waals surface area contributed by atoms with Gasteiger partial charge in [-0.3, -0.25) is 4.79 Å². The van der Waals surface area contributed by atoms with Gasteiger partial charge in [0.15, 0.2) is 0 Å². The molecule has 0 atom stereocenters. The molecule has 0 unspecified atom stereocenters. The molecule has 0 aliphatic carbocycles. The number of amides is 1. The minimum atomic E-state index is 0.0533. The summed E-state index contributed by atoms with van der Waals surface area (Å²) in [6.07, 6.45) is 5.03. The number of H-pyrrole nitrogens is 1. The molecule has 1 aromatic carbocycles. The zero-order chi connectivity index (χ0) is 18.5. The van der Waals surface area contributed by atoms with Gasteiger partial charge in [-0.15, -0.1) is 0 Å². The number of morpholine rings is 1. The van der Waals surface area contributed by atoms with Gasteiger partial charge in [0.1, 0.15) is 5.82 Å². The van der Waals surface area contributed by atoms with Crippen LogP contribution in [-0.2, 0) is 22.5 Å². The van der Waals surface area contributed by atoms with Gasteiger partial charge in [0.05, 0.1) is 13.2 Å². The smallest absolute Gasteiger partial charge is 0.220 e. The van der Waals surface area contributed by atoms with Gasteiger partial charge < -0.3 is 19.9 Å². The molecular formula is C21H24N4O2. The Kier molecular flexibility index (Phi) is 5.34. The number of benzene rings is 1. The Morgan fingerprint density at radius 1 is 1.19 bits per heavy atom. The number of carbonyl (C=O) groups excluding carboxylic acids is 1. The van der Waals surface area contributed by atoms with Crippen molar-refractivity contribution in [3.8, 4) is 0 Å². The Morgan fingerprint density at radius 3 is 2.85 bits per heavy atom. The van der Waals surface area contributed by atoms with Gasteiger partial charge >= 0.3 is 0 Å². The number of anilines is 1. The Balaban J connectivity index is 1.26. The third-order valence-electron chi connectivity index (χ3n) is 4.93. The fourth-order valence-corrected chi connectivity index (χ4v) is 3.38. The summed E-state index contributed by atoms with van der Waals surface area (Å²) in [7, 11) is 0. The second-order valence-electron chi connectivity index (χ2n) is 6.76. The first-order chi connectivity index (χ1) is 13.3. The summed E-state index contributed by atoms with van der Waals surface area (Å²) in [5, 5.41) is 4.17. The van der Waals surface area contributed by atoms with Crippen molar-refractivity contribution in [1.82, 2.24) is 15.3 Å². The number of nitrogens with zero attached hydrogens (tertiary/aromatic N) is 2. The van der Waals surface area contributed by atoms with Crippen molar-refractivity contribution in [2.75, 3.05) is 31.2 Å². The number of aromatic amines is 1. The molecule has 2 aromatic heterocycles. The molecule has 6 nitrogen and oxygen atoms in total. The van der Waals surface area contributed by atoms with Crippen LogP contribution >= 0.6 is 0 Å². The highest BCUT2D eigenvalue weighted by Gasteiger charge is 2.12. The van der Waals surface area contributed by atoms with E-state index in [4.69, 9.17) is 4.74 Å². The molecule has 1 aliphatic heterocycles. The summed E-state index contributed by atoms with van der Waals surface area (Å²) in [5.74, 6) is 1.02. The quantitative estimate of drug-likeness (QED) is 0.705. The minimum absolute atomic E-state index is 0.0533. The van der Waals surface area contributed by atoms with Crippen LogP contribution in [0.2, 0.25) is 0 Å². The molecule has 2 N–H and O–H groups in total. The Bertz CT molecular complexity index is 898. The van der Waals surface area contributed by atoms with Crippen LogP contribution in [0.25, 0.3) is 10.9 Å². The molecule has 0 radical (unpaired) electrons. The van der Waals surface area contributed by atoms with E-state index in [-0.39, 0.29) is 5.91 Å². The minimum Gasteiger partial charge on any atom is -0.378 e. The molecule has 0 saturated carbocycles. The second kappa shape index (κ2) is 8.22. The summed E-state index contributed by atoms with van der Waals surface area (Å²) < 4.78 is 5.36. The van der Waals surface area contributed by atoms with Gasteiger partial charge in [-0.25, -0.2) is 4.98 Å². The molecule has 0 bridgehead atoms. The zero-order valence-electron chi connectivity index (χ0n) is 15.3. The molecule has 6 heteroatoms. The van der Waals surface area contributed by atoms with E-state index in [1.807, 2.05) is 42.7 Å². The van der Waals surface area contributed by atoms with Crippen LogP contribution in [0.3, 0.4) is 0 Å². The molecule has 1 fully saturated rings. The van der Waals surface area contributed by atoms with Crippen molar-refractivity contribution < 1.29 is 9.53 Å². The lowest BCUT2D eigenvalue weighted by Gasteiger charge is -2.27. The standard InChI is InChI=1S/C21H24N4O2/c26-21(8-6-17-15-22-19-4-2-1-3-18(17)19)24-14-16-5-7-20(23-13-16)25-9-11-27-12-10-25/h1-5,7,13,15,22H,6,8-12,14H2,(H,24,26). The highest BCUT2D eigenvalue weighted by molar-refractivity contribution is 5.84. The lowest BCUT2D eigenvalue weighted by Crippen LogP contribution is -2.36. The van der Waals surface area contributed by atoms with E-state index >= 15 is 0 Å². The fraction of sp³-hybridized carbons (Fsp3) is 0.333. The predicted octanol–water partition coefficient (Wildman–Crippen LogP) is 2.65. The topological polar surface area (TPSA) is 70.2 Å². The van der Waals surface area contributed by atoms with Crippen LogP contribution in [0.5, 0.6) is 0 Å². The number of hydrogen-bond donors (Lipinski definition) is 2. The van der Waals surface area contributed by atoms with Gasteiger partial charge in [-0.1, -0.05) is 24.3 Å². The SMILES string of the molecule is O=C(CCc1c[nH]c2ccccc12)NCc1ccc(N2CCOCC2)nc1. The van der Waals surface area contributed by atoms with E-state index in [0.717, 1.165) is 49.6 Å². The van der Waals surface area contributed by atoms with E-state index < -0.39 is 0 Å². The number of aryl methyl sites for hydroxylation is 1. The molecule has 3 heterocycles. The number of para-hydroxylation sites is 1. The van der Waals surface area contributed by atoms with Gasteiger partial charge in [0.25, 0.3) is 0 Å². The number of nitrogens with one attached hydrogen (secondary N) is 2. The average molecular weight is 364 g/mol. The van der Waals surface area contributed by atoms with Crippen LogP contribution in [0.4, 0.5) is 5.82 Å². The molecule has 140 valence electrons. The van der Waals surface area contributed by atoms with Crippen LogP contribution in [0.1, 0.15) is 17.5 Å². The molecule has 1 saturated heterocycles. The maximum atomic E-state index is 12.2.